The highest BCUT2D eigenvalue weighted by molar-refractivity contribution is 8.73. The van der Waals surface area contributed by atoms with Gasteiger partial charge in [0.05, 0.1) is 4.49 Å². The Morgan fingerprint density at radius 3 is 2.00 bits per heavy atom. The number of ketones is 1. The van der Waals surface area contributed by atoms with Crippen LogP contribution >= 0.6 is 18.5 Å². The van der Waals surface area contributed by atoms with E-state index in [1.165, 1.54) is 0 Å². The van der Waals surface area contributed by atoms with Crippen LogP contribution in [0.25, 0.3) is 0 Å². The first kappa shape index (κ1) is 18.8. The first-order valence-corrected chi connectivity index (χ1v) is 13.1. The van der Waals surface area contributed by atoms with Gasteiger partial charge in [0.25, 0.3) is 0 Å². The maximum atomic E-state index is 14.3. The van der Waals surface area contributed by atoms with Crippen LogP contribution in [0.1, 0.15) is 47.8 Å². The van der Waals surface area contributed by atoms with Crippen LogP contribution in [-0.4, -0.2) is 10.3 Å². The molecule has 0 radical (unpaired) electrons. The smallest absolute Gasteiger partial charge is 0.201 e. The number of Topliss-reactive ketones (excluding diaryl/α,β-unsaturated/α-hetero) is 1. The summed E-state index contributed by atoms with van der Waals surface area (Å²) < 4.78 is 6.96. The van der Waals surface area contributed by atoms with E-state index >= 15 is 0 Å². The normalized spacial score (nSPS) is 33.7. The van der Waals surface area contributed by atoms with Crippen molar-refractivity contribution in [1.29, 1.82) is 0 Å². The summed E-state index contributed by atoms with van der Waals surface area (Å²) in [7, 11) is -0.683. The lowest BCUT2D eigenvalue weighted by Gasteiger charge is -2.47. The minimum Gasteiger partial charge on any atom is -0.339 e. The van der Waals surface area contributed by atoms with Crippen molar-refractivity contribution in [1.82, 2.24) is 0 Å². The van der Waals surface area contributed by atoms with Gasteiger partial charge in [-0.15, -0.1) is 11.4 Å². The molecule has 3 heterocycles. The lowest BCUT2D eigenvalue weighted by atomic mass is 9.70. The minimum absolute atomic E-state index is 0.104. The molecule has 0 aromatic heterocycles. The van der Waals surface area contributed by atoms with E-state index in [0.717, 1.165) is 22.3 Å². The second kappa shape index (κ2) is 5.85. The molecule has 4 atom stereocenters. The van der Waals surface area contributed by atoms with E-state index in [-0.39, 0.29) is 15.7 Å². The van der Waals surface area contributed by atoms with Crippen molar-refractivity contribution in [2.24, 2.45) is 5.41 Å². The van der Waals surface area contributed by atoms with Gasteiger partial charge in [-0.2, -0.15) is 0 Å². The highest BCUT2D eigenvalue weighted by atomic mass is 32.8. The van der Waals surface area contributed by atoms with Crippen LogP contribution in [0.3, 0.4) is 0 Å². The fourth-order valence-electron chi connectivity index (χ4n) is 5.49. The maximum Gasteiger partial charge on any atom is 0.201 e. The number of ether oxygens (including phenoxy) is 1. The molecule has 0 amide bonds. The molecule has 3 aromatic rings. The minimum atomic E-state index is -0.979. The zero-order chi connectivity index (χ0) is 20.8. The molecule has 3 aliphatic rings. The molecule has 30 heavy (non-hydrogen) atoms. The third kappa shape index (κ3) is 1.93. The SMILES string of the molecule is CC(C)(C)[C@]12S[P@]1[C@]1(c3ccccc3)O[C@@]2(c2ccccc2)C(=O)c2ccccc21. The van der Waals surface area contributed by atoms with Crippen LogP contribution in [0.2, 0.25) is 0 Å². The van der Waals surface area contributed by atoms with Gasteiger partial charge >= 0.3 is 0 Å². The second-order valence-electron chi connectivity index (χ2n) is 9.31. The summed E-state index contributed by atoms with van der Waals surface area (Å²) in [4.78, 5) is 14.3. The molecule has 0 spiro atoms. The molecule has 6 rings (SSSR count). The molecular weight excluding hydrogens is 407 g/mol. The van der Waals surface area contributed by atoms with E-state index in [9.17, 15) is 4.79 Å². The quantitative estimate of drug-likeness (QED) is 0.327. The predicted octanol–water partition coefficient (Wildman–Crippen LogP) is 6.90. The Hall–Kier alpha value is -1.93. The molecule has 2 nitrogen and oxygen atoms in total. The van der Waals surface area contributed by atoms with Gasteiger partial charge in [-0.25, -0.2) is 0 Å². The van der Waals surface area contributed by atoms with Crippen LogP contribution in [0.4, 0.5) is 0 Å². The summed E-state index contributed by atoms with van der Waals surface area (Å²) in [6.07, 6.45) is 0. The van der Waals surface area contributed by atoms with E-state index < -0.39 is 18.1 Å². The van der Waals surface area contributed by atoms with Crippen molar-refractivity contribution in [2.75, 3.05) is 0 Å². The third-order valence-electron chi connectivity index (χ3n) is 6.76. The fraction of sp³-hybridized carbons (Fsp3) is 0.269. The van der Waals surface area contributed by atoms with Crippen LogP contribution in [0, 0.1) is 5.41 Å². The first-order valence-electron chi connectivity index (χ1n) is 10.3. The molecule has 2 saturated heterocycles. The van der Waals surface area contributed by atoms with E-state index in [0.29, 0.717) is 0 Å². The predicted molar refractivity (Wildman–Crippen MR) is 124 cm³/mol. The summed E-state index contributed by atoms with van der Waals surface area (Å²) >= 11 is 2.00. The molecule has 2 bridgehead atoms. The van der Waals surface area contributed by atoms with Crippen molar-refractivity contribution in [3.8, 4) is 0 Å². The Kier molecular flexibility index (Phi) is 3.67. The number of benzene rings is 3. The monoisotopic (exact) mass is 430 g/mol. The Labute approximate surface area is 182 Å². The number of carbonyl (C=O) groups excluding carboxylic acids is 1. The van der Waals surface area contributed by atoms with Crippen molar-refractivity contribution >= 4 is 24.3 Å². The highest BCUT2D eigenvalue weighted by Crippen LogP contribution is 3.06. The van der Waals surface area contributed by atoms with E-state index in [1.807, 2.05) is 53.8 Å². The standard InChI is InChI=1S/C26H23O2PS/c1-23(2,3)26-24(18-12-6-4-7-13-18)22(27)20-16-10-11-17-21(20)25(28-24,29(26)30-26)19-14-8-5-9-15-19/h4-17H,1-3H3/t24-,25-,26+,29+/m0/s1. The lowest BCUT2D eigenvalue weighted by Crippen LogP contribution is -2.55. The third-order valence-corrected chi connectivity index (χ3v) is 13.7. The topological polar surface area (TPSA) is 26.3 Å². The average molecular weight is 431 g/mol. The molecule has 0 saturated carbocycles. The maximum absolute atomic E-state index is 14.3. The molecule has 0 N–H and O–H groups in total. The molecule has 3 aromatic carbocycles. The molecule has 2 fully saturated rings. The number of fused-ring (bicyclic) bond motifs is 7. The summed E-state index contributed by atoms with van der Waals surface area (Å²) in [5.41, 5.74) is 2.91. The lowest BCUT2D eigenvalue weighted by molar-refractivity contribution is -0.0862. The van der Waals surface area contributed by atoms with Crippen molar-refractivity contribution < 1.29 is 9.53 Å². The van der Waals surface area contributed by atoms with Gasteiger partial charge in [-0.3, -0.25) is 4.79 Å². The second-order valence-corrected chi connectivity index (χ2v) is 13.9. The zero-order valence-electron chi connectivity index (χ0n) is 17.3. The Balaban J connectivity index is 1.76. The van der Waals surface area contributed by atoms with E-state index in [1.54, 1.807) is 0 Å². The van der Waals surface area contributed by atoms with Crippen LogP contribution in [0.15, 0.2) is 84.9 Å². The van der Waals surface area contributed by atoms with Gasteiger partial charge in [-0.05, 0) is 16.5 Å². The number of hydrogen-bond acceptors (Lipinski definition) is 3. The van der Waals surface area contributed by atoms with Gasteiger partial charge in [0.2, 0.25) is 5.78 Å². The van der Waals surface area contributed by atoms with Crippen molar-refractivity contribution in [3.05, 3.63) is 107 Å². The number of hydrogen-bond donors (Lipinski definition) is 0. The Morgan fingerprint density at radius 2 is 1.37 bits per heavy atom. The van der Waals surface area contributed by atoms with Crippen LogP contribution in [0.5, 0.6) is 0 Å². The van der Waals surface area contributed by atoms with Gasteiger partial charge in [0.1, 0.15) is 0 Å². The summed E-state index contributed by atoms with van der Waals surface area (Å²) in [6, 6.07) is 28.9. The Bertz CT molecular complexity index is 1170. The molecule has 4 heteroatoms. The van der Waals surface area contributed by atoms with Gasteiger partial charge < -0.3 is 4.74 Å². The van der Waals surface area contributed by atoms with Gasteiger partial charge in [-0.1, -0.05) is 106 Å². The number of rotatable bonds is 2. The summed E-state index contributed by atoms with van der Waals surface area (Å²) in [6.45, 7) is 6.81. The van der Waals surface area contributed by atoms with E-state index in [2.05, 4.69) is 63.2 Å². The van der Waals surface area contributed by atoms with Gasteiger partial charge in [0.15, 0.2) is 10.9 Å². The summed E-state index contributed by atoms with van der Waals surface area (Å²) in [5.74, 6) is 0.112. The molecular formula is C26H23O2PS. The largest absolute Gasteiger partial charge is 0.339 e. The van der Waals surface area contributed by atoms with E-state index in [4.69, 9.17) is 4.74 Å². The Morgan fingerprint density at radius 1 is 0.800 bits per heavy atom. The fourth-order valence-corrected chi connectivity index (χ4v) is 14.1. The molecule has 0 unspecified atom stereocenters. The zero-order valence-corrected chi connectivity index (χ0v) is 19.0. The molecule has 150 valence electrons. The van der Waals surface area contributed by atoms with Crippen molar-refractivity contribution in [2.45, 2.75) is 36.2 Å². The number of carbonyl (C=O) groups is 1. The highest BCUT2D eigenvalue weighted by Gasteiger charge is 2.90. The van der Waals surface area contributed by atoms with Gasteiger partial charge in [0, 0.05) is 18.3 Å². The summed E-state index contributed by atoms with van der Waals surface area (Å²) in [5, 5.41) is -0.575. The van der Waals surface area contributed by atoms with Crippen LogP contribution in [-0.2, 0) is 15.7 Å². The molecule has 3 aliphatic heterocycles. The molecule has 0 aliphatic carbocycles. The average Bonchev–Trinajstić information content (AvgIpc) is 3.50. The van der Waals surface area contributed by atoms with Crippen LogP contribution < -0.4 is 0 Å². The first-order chi connectivity index (χ1) is 14.4. The van der Waals surface area contributed by atoms with Crippen molar-refractivity contribution in [3.63, 3.8) is 0 Å².